The van der Waals surface area contributed by atoms with Crippen molar-refractivity contribution in [2.24, 2.45) is 0 Å². The number of hydrogen-bond acceptors (Lipinski definition) is 5. The van der Waals surface area contributed by atoms with Crippen LogP contribution in [0.2, 0.25) is 0 Å². The number of aryl methyl sites for hydroxylation is 1. The van der Waals surface area contributed by atoms with Crippen molar-refractivity contribution in [3.63, 3.8) is 0 Å². The number of aromatic nitrogens is 1. The van der Waals surface area contributed by atoms with Crippen LogP contribution in [-0.2, 0) is 16.1 Å². The van der Waals surface area contributed by atoms with Crippen LogP contribution in [0.1, 0.15) is 16.3 Å². The Kier molecular flexibility index (Phi) is 4.91. The largest absolute Gasteiger partial charge is 0.481 e. The third-order valence-electron chi connectivity index (χ3n) is 2.96. The number of carboxylic acid groups (broad SMARTS) is 1. The minimum absolute atomic E-state index is 0.107. The maximum Gasteiger partial charge on any atom is 0.318 e. The van der Waals surface area contributed by atoms with Gasteiger partial charge >= 0.3 is 12.0 Å². The number of hydrogen-bond donors (Lipinski definition) is 2. The summed E-state index contributed by atoms with van der Waals surface area (Å²) < 4.78 is 5.23. The third-order valence-corrected chi connectivity index (χ3v) is 3.87. The molecule has 1 atom stereocenters. The second-order valence-corrected chi connectivity index (χ2v) is 5.86. The van der Waals surface area contributed by atoms with Gasteiger partial charge in [-0.15, -0.1) is 11.3 Å². The minimum Gasteiger partial charge on any atom is -0.481 e. The molecule has 0 bridgehead atoms. The number of carboxylic acids is 1. The molecule has 0 aliphatic carbocycles. The van der Waals surface area contributed by atoms with E-state index in [-0.39, 0.29) is 19.1 Å². The molecule has 1 aliphatic heterocycles. The highest BCUT2D eigenvalue weighted by Gasteiger charge is 2.29. The average molecular weight is 299 g/mol. The SMILES string of the molecule is Cc1cnc(CNC(=O)N2CCOCC2CC(=O)O)s1. The van der Waals surface area contributed by atoms with Gasteiger partial charge in [0.1, 0.15) is 5.01 Å². The molecular weight excluding hydrogens is 282 g/mol. The zero-order valence-electron chi connectivity index (χ0n) is 11.2. The summed E-state index contributed by atoms with van der Waals surface area (Å²) in [5.74, 6) is -0.936. The number of carbonyl (C=O) groups excluding carboxylic acids is 1. The molecule has 0 aromatic carbocycles. The van der Waals surface area contributed by atoms with E-state index in [0.29, 0.717) is 19.7 Å². The fourth-order valence-electron chi connectivity index (χ4n) is 2.03. The number of nitrogens with one attached hydrogen (secondary N) is 1. The first-order chi connectivity index (χ1) is 9.56. The Morgan fingerprint density at radius 3 is 3.10 bits per heavy atom. The summed E-state index contributed by atoms with van der Waals surface area (Å²) in [6, 6.07) is -0.688. The highest BCUT2D eigenvalue weighted by molar-refractivity contribution is 7.11. The van der Waals surface area contributed by atoms with Crippen LogP contribution in [0, 0.1) is 6.92 Å². The first-order valence-electron chi connectivity index (χ1n) is 6.31. The number of morpholine rings is 1. The molecule has 1 aromatic heterocycles. The summed E-state index contributed by atoms with van der Waals surface area (Å²) >= 11 is 1.52. The van der Waals surface area contributed by atoms with Crippen LogP contribution in [0.15, 0.2) is 6.20 Å². The van der Waals surface area contributed by atoms with Gasteiger partial charge in [0, 0.05) is 17.6 Å². The number of urea groups is 1. The van der Waals surface area contributed by atoms with E-state index in [4.69, 9.17) is 9.84 Å². The quantitative estimate of drug-likeness (QED) is 0.859. The van der Waals surface area contributed by atoms with E-state index in [9.17, 15) is 9.59 Å². The van der Waals surface area contributed by atoms with Crippen molar-refractivity contribution >= 4 is 23.3 Å². The molecule has 1 unspecified atom stereocenters. The Morgan fingerprint density at radius 2 is 2.45 bits per heavy atom. The summed E-state index contributed by atoms with van der Waals surface area (Å²) in [5.41, 5.74) is 0. The Bertz CT molecular complexity index is 491. The molecule has 2 heterocycles. The maximum atomic E-state index is 12.1. The summed E-state index contributed by atoms with van der Waals surface area (Å²) in [6.45, 7) is 3.40. The summed E-state index contributed by atoms with van der Waals surface area (Å²) in [4.78, 5) is 29.7. The molecule has 2 amide bonds. The van der Waals surface area contributed by atoms with Crippen LogP contribution in [0.4, 0.5) is 4.79 Å². The van der Waals surface area contributed by atoms with E-state index in [1.165, 1.54) is 16.2 Å². The average Bonchev–Trinajstić information content (AvgIpc) is 2.82. The Balaban J connectivity index is 1.90. The van der Waals surface area contributed by atoms with Gasteiger partial charge in [0.15, 0.2) is 0 Å². The number of amides is 2. The van der Waals surface area contributed by atoms with Gasteiger partial charge in [-0.05, 0) is 6.92 Å². The van der Waals surface area contributed by atoms with E-state index >= 15 is 0 Å². The molecule has 1 saturated heterocycles. The van der Waals surface area contributed by atoms with Crippen LogP contribution in [0.25, 0.3) is 0 Å². The number of carbonyl (C=O) groups is 2. The van der Waals surface area contributed by atoms with Crippen molar-refractivity contribution in [2.45, 2.75) is 25.9 Å². The fraction of sp³-hybridized carbons (Fsp3) is 0.583. The lowest BCUT2D eigenvalue weighted by atomic mass is 10.1. The molecule has 1 aromatic rings. The maximum absolute atomic E-state index is 12.1. The van der Waals surface area contributed by atoms with Crippen molar-refractivity contribution in [3.8, 4) is 0 Å². The molecule has 7 nitrogen and oxygen atoms in total. The smallest absolute Gasteiger partial charge is 0.318 e. The summed E-state index contributed by atoms with van der Waals surface area (Å²) in [5, 5.41) is 12.5. The number of nitrogens with zero attached hydrogens (tertiary/aromatic N) is 2. The number of thiazole rings is 1. The van der Waals surface area contributed by atoms with Gasteiger partial charge in [0.2, 0.25) is 0 Å². The molecule has 0 radical (unpaired) electrons. The van der Waals surface area contributed by atoms with Crippen molar-refractivity contribution in [2.75, 3.05) is 19.8 Å². The summed E-state index contributed by atoms with van der Waals surface area (Å²) in [7, 11) is 0. The van der Waals surface area contributed by atoms with Crippen LogP contribution in [-0.4, -0.2) is 52.8 Å². The predicted molar refractivity (Wildman–Crippen MR) is 72.7 cm³/mol. The van der Waals surface area contributed by atoms with E-state index in [0.717, 1.165) is 9.88 Å². The van der Waals surface area contributed by atoms with Gasteiger partial charge in [0.25, 0.3) is 0 Å². The standard InChI is InChI=1S/C12H17N3O4S/c1-8-5-13-10(20-8)6-14-12(18)15-2-3-19-7-9(15)4-11(16)17/h5,9H,2-4,6-7H2,1H3,(H,14,18)(H,16,17). The normalized spacial score (nSPS) is 18.9. The van der Waals surface area contributed by atoms with Gasteiger partial charge in [-0.25, -0.2) is 9.78 Å². The minimum atomic E-state index is -0.936. The monoisotopic (exact) mass is 299 g/mol. The van der Waals surface area contributed by atoms with Crippen molar-refractivity contribution in [1.29, 1.82) is 0 Å². The topological polar surface area (TPSA) is 91.8 Å². The third kappa shape index (κ3) is 3.91. The molecule has 0 spiro atoms. The van der Waals surface area contributed by atoms with Gasteiger partial charge in [0.05, 0.1) is 32.2 Å². The van der Waals surface area contributed by atoms with E-state index in [2.05, 4.69) is 10.3 Å². The summed E-state index contributed by atoms with van der Waals surface area (Å²) in [6.07, 6.45) is 1.65. The van der Waals surface area contributed by atoms with Gasteiger partial charge in [-0.3, -0.25) is 4.79 Å². The van der Waals surface area contributed by atoms with Crippen molar-refractivity contribution in [3.05, 3.63) is 16.1 Å². The van der Waals surface area contributed by atoms with E-state index in [1.54, 1.807) is 6.20 Å². The molecule has 110 valence electrons. The lowest BCUT2D eigenvalue weighted by molar-refractivity contribution is -0.139. The second-order valence-electron chi connectivity index (χ2n) is 4.54. The van der Waals surface area contributed by atoms with Gasteiger partial charge in [-0.1, -0.05) is 0 Å². The van der Waals surface area contributed by atoms with Crippen LogP contribution in [0.5, 0.6) is 0 Å². The second kappa shape index (κ2) is 6.67. The van der Waals surface area contributed by atoms with E-state index in [1.807, 2.05) is 6.92 Å². The first-order valence-corrected chi connectivity index (χ1v) is 7.13. The predicted octanol–water partition coefficient (Wildman–Crippen LogP) is 0.837. The molecule has 2 N–H and O–H groups in total. The highest BCUT2D eigenvalue weighted by Crippen LogP contribution is 2.13. The van der Waals surface area contributed by atoms with Gasteiger partial charge < -0.3 is 20.1 Å². The molecule has 20 heavy (non-hydrogen) atoms. The fourth-order valence-corrected chi connectivity index (χ4v) is 2.76. The highest BCUT2D eigenvalue weighted by atomic mass is 32.1. The molecule has 1 fully saturated rings. The lowest BCUT2D eigenvalue weighted by Crippen LogP contribution is -2.53. The number of aliphatic carboxylic acids is 1. The molecular formula is C12H17N3O4S. The van der Waals surface area contributed by atoms with Gasteiger partial charge in [-0.2, -0.15) is 0 Å². The lowest BCUT2D eigenvalue weighted by Gasteiger charge is -2.34. The van der Waals surface area contributed by atoms with Crippen LogP contribution < -0.4 is 5.32 Å². The van der Waals surface area contributed by atoms with Crippen LogP contribution in [0.3, 0.4) is 0 Å². The van der Waals surface area contributed by atoms with E-state index < -0.39 is 12.0 Å². The zero-order chi connectivity index (χ0) is 14.5. The first kappa shape index (κ1) is 14.7. The van der Waals surface area contributed by atoms with Crippen LogP contribution >= 0.6 is 11.3 Å². The Morgan fingerprint density at radius 1 is 1.65 bits per heavy atom. The molecule has 0 saturated carbocycles. The Labute approximate surface area is 120 Å². The molecule has 2 rings (SSSR count). The number of rotatable bonds is 4. The molecule has 8 heteroatoms. The number of ether oxygens (including phenoxy) is 1. The van der Waals surface area contributed by atoms with Crippen molar-refractivity contribution in [1.82, 2.24) is 15.2 Å². The Hall–Kier alpha value is -1.67. The molecule has 1 aliphatic rings. The van der Waals surface area contributed by atoms with Crippen molar-refractivity contribution < 1.29 is 19.4 Å². The zero-order valence-corrected chi connectivity index (χ0v) is 12.0.